The van der Waals surface area contributed by atoms with Crippen LogP contribution in [0.1, 0.15) is 5.56 Å². The highest BCUT2D eigenvalue weighted by molar-refractivity contribution is 7.89. The Balaban J connectivity index is 1.99. The first kappa shape index (κ1) is 13.8. The number of rotatable bonds is 3. The van der Waals surface area contributed by atoms with Crippen LogP contribution in [0.3, 0.4) is 0 Å². The Kier molecular flexibility index (Phi) is 3.47. The van der Waals surface area contributed by atoms with Crippen molar-refractivity contribution in [3.05, 3.63) is 66.0 Å². The number of benzene rings is 2. The fraction of sp³-hybridized carbons (Fsp3) is 0.133. The van der Waals surface area contributed by atoms with Crippen molar-refractivity contribution in [2.45, 2.75) is 4.90 Å². The van der Waals surface area contributed by atoms with Crippen LogP contribution in [0.25, 0.3) is 0 Å². The first-order chi connectivity index (χ1) is 10.1. The summed E-state index contributed by atoms with van der Waals surface area (Å²) in [5, 5.41) is 0. The lowest BCUT2D eigenvalue weighted by molar-refractivity contribution is 0.537. The Morgan fingerprint density at radius 2 is 1.67 bits per heavy atom. The zero-order chi connectivity index (χ0) is 14.9. The van der Waals surface area contributed by atoms with Crippen molar-refractivity contribution in [2.75, 3.05) is 13.1 Å². The fourth-order valence-corrected chi connectivity index (χ4v) is 3.67. The SMILES string of the molecule is O=S(=O)(c1ccc(F)cc1)N1CCN=C1c1ccccc1. The molecule has 2 aromatic carbocycles. The second kappa shape index (κ2) is 5.29. The molecule has 0 atom stereocenters. The molecule has 1 heterocycles. The van der Waals surface area contributed by atoms with Crippen LogP contribution in [0.2, 0.25) is 0 Å². The van der Waals surface area contributed by atoms with Gasteiger partial charge in [0.15, 0.2) is 0 Å². The summed E-state index contributed by atoms with van der Waals surface area (Å²) in [6.07, 6.45) is 0. The molecule has 0 N–H and O–H groups in total. The number of hydrogen-bond donors (Lipinski definition) is 0. The van der Waals surface area contributed by atoms with Gasteiger partial charge in [-0.15, -0.1) is 0 Å². The number of hydrogen-bond acceptors (Lipinski definition) is 3. The van der Waals surface area contributed by atoms with Crippen molar-refractivity contribution in [3.8, 4) is 0 Å². The summed E-state index contributed by atoms with van der Waals surface area (Å²) in [6, 6.07) is 14.0. The molecule has 0 fully saturated rings. The molecule has 0 saturated carbocycles. The van der Waals surface area contributed by atoms with Gasteiger partial charge in [-0.25, -0.2) is 17.1 Å². The molecule has 108 valence electrons. The van der Waals surface area contributed by atoms with Crippen LogP contribution in [0, 0.1) is 5.82 Å². The molecule has 0 unspecified atom stereocenters. The lowest BCUT2D eigenvalue weighted by atomic mass is 10.2. The van der Waals surface area contributed by atoms with E-state index in [0.29, 0.717) is 18.9 Å². The van der Waals surface area contributed by atoms with E-state index in [1.807, 2.05) is 30.3 Å². The molecule has 4 nitrogen and oxygen atoms in total. The Morgan fingerprint density at radius 3 is 2.33 bits per heavy atom. The lowest BCUT2D eigenvalue weighted by Crippen LogP contribution is -2.34. The van der Waals surface area contributed by atoms with Gasteiger partial charge in [-0.05, 0) is 24.3 Å². The first-order valence-electron chi connectivity index (χ1n) is 6.47. The molecule has 1 aliphatic heterocycles. The van der Waals surface area contributed by atoms with Crippen LogP contribution < -0.4 is 0 Å². The number of amidine groups is 1. The van der Waals surface area contributed by atoms with Crippen LogP contribution in [-0.2, 0) is 10.0 Å². The van der Waals surface area contributed by atoms with Crippen molar-refractivity contribution >= 4 is 15.9 Å². The minimum atomic E-state index is -3.72. The zero-order valence-electron chi connectivity index (χ0n) is 11.1. The zero-order valence-corrected chi connectivity index (χ0v) is 11.9. The third-order valence-electron chi connectivity index (χ3n) is 3.23. The number of aliphatic imine (C=N–C) groups is 1. The molecule has 0 amide bonds. The van der Waals surface area contributed by atoms with Crippen LogP contribution in [0.15, 0.2) is 64.5 Å². The van der Waals surface area contributed by atoms with Crippen molar-refractivity contribution in [1.82, 2.24) is 4.31 Å². The highest BCUT2D eigenvalue weighted by atomic mass is 32.2. The summed E-state index contributed by atoms with van der Waals surface area (Å²) in [5.41, 5.74) is 0.751. The topological polar surface area (TPSA) is 49.7 Å². The number of sulfonamides is 1. The van der Waals surface area contributed by atoms with Crippen LogP contribution in [0.5, 0.6) is 0 Å². The largest absolute Gasteiger partial charge is 0.265 e. The van der Waals surface area contributed by atoms with Crippen molar-refractivity contribution < 1.29 is 12.8 Å². The van der Waals surface area contributed by atoms with Crippen LogP contribution >= 0.6 is 0 Å². The maximum atomic E-state index is 13.0. The predicted octanol–water partition coefficient (Wildman–Crippen LogP) is 2.28. The average molecular weight is 304 g/mol. The van der Waals surface area contributed by atoms with Crippen molar-refractivity contribution in [3.63, 3.8) is 0 Å². The molecule has 0 aromatic heterocycles. The number of nitrogens with zero attached hydrogens (tertiary/aromatic N) is 2. The van der Waals surface area contributed by atoms with Gasteiger partial charge < -0.3 is 0 Å². The second-order valence-corrected chi connectivity index (χ2v) is 6.46. The van der Waals surface area contributed by atoms with Gasteiger partial charge in [0.25, 0.3) is 10.0 Å². The van der Waals surface area contributed by atoms with E-state index < -0.39 is 15.8 Å². The Labute approximate surface area is 122 Å². The van der Waals surface area contributed by atoms with E-state index in [1.54, 1.807) is 0 Å². The highest BCUT2D eigenvalue weighted by Crippen LogP contribution is 2.22. The van der Waals surface area contributed by atoms with E-state index >= 15 is 0 Å². The van der Waals surface area contributed by atoms with E-state index in [9.17, 15) is 12.8 Å². The quantitative estimate of drug-likeness (QED) is 0.873. The summed E-state index contributed by atoms with van der Waals surface area (Å²) in [6.45, 7) is 0.717. The smallest absolute Gasteiger partial charge is 0.265 e. The monoisotopic (exact) mass is 304 g/mol. The molecular formula is C15H13FN2O2S. The molecule has 1 aliphatic rings. The second-order valence-electron chi connectivity index (χ2n) is 4.60. The van der Waals surface area contributed by atoms with Crippen molar-refractivity contribution in [2.24, 2.45) is 4.99 Å². The minimum absolute atomic E-state index is 0.0643. The minimum Gasteiger partial charge on any atom is -0.265 e. The van der Waals surface area contributed by atoms with Gasteiger partial charge in [0.2, 0.25) is 0 Å². The summed E-state index contributed by atoms with van der Waals surface area (Å²) >= 11 is 0. The fourth-order valence-electron chi connectivity index (χ4n) is 2.22. The van der Waals surface area contributed by atoms with Gasteiger partial charge in [0.05, 0.1) is 18.0 Å². The summed E-state index contributed by atoms with van der Waals surface area (Å²) in [4.78, 5) is 4.35. The van der Waals surface area contributed by atoms with E-state index in [1.165, 1.54) is 16.4 Å². The van der Waals surface area contributed by atoms with Crippen molar-refractivity contribution in [1.29, 1.82) is 0 Å². The first-order valence-corrected chi connectivity index (χ1v) is 7.91. The average Bonchev–Trinajstić information content (AvgIpc) is 2.99. The molecule has 0 bridgehead atoms. The summed E-state index contributed by atoms with van der Waals surface area (Å²) < 4.78 is 39.5. The molecule has 21 heavy (non-hydrogen) atoms. The molecular weight excluding hydrogens is 291 g/mol. The van der Waals surface area contributed by atoms with E-state index in [4.69, 9.17) is 0 Å². The van der Waals surface area contributed by atoms with Gasteiger partial charge in [-0.1, -0.05) is 30.3 Å². The predicted molar refractivity (Wildman–Crippen MR) is 78.1 cm³/mol. The Bertz CT molecular complexity index is 771. The van der Waals surface area contributed by atoms with Gasteiger partial charge >= 0.3 is 0 Å². The van der Waals surface area contributed by atoms with Gasteiger partial charge in [0.1, 0.15) is 11.7 Å². The van der Waals surface area contributed by atoms with Gasteiger partial charge in [-0.3, -0.25) is 4.99 Å². The Morgan fingerprint density at radius 1 is 1.00 bits per heavy atom. The summed E-state index contributed by atoms with van der Waals surface area (Å²) in [7, 11) is -3.72. The van der Waals surface area contributed by atoms with Crippen LogP contribution in [-0.4, -0.2) is 31.6 Å². The van der Waals surface area contributed by atoms with Gasteiger partial charge in [0, 0.05) is 5.56 Å². The van der Waals surface area contributed by atoms with E-state index in [-0.39, 0.29) is 4.90 Å². The molecule has 3 rings (SSSR count). The van der Waals surface area contributed by atoms with Crippen LogP contribution in [0.4, 0.5) is 4.39 Å². The molecule has 6 heteroatoms. The Hall–Kier alpha value is -2.21. The molecule has 0 spiro atoms. The normalized spacial score (nSPS) is 15.1. The number of halogens is 1. The third kappa shape index (κ3) is 2.54. The standard InChI is InChI=1S/C15H13FN2O2S/c16-13-6-8-14(9-7-13)21(19,20)18-11-10-17-15(18)12-4-2-1-3-5-12/h1-9H,10-11H2. The maximum absolute atomic E-state index is 13.0. The molecule has 0 radical (unpaired) electrons. The lowest BCUT2D eigenvalue weighted by Gasteiger charge is -2.20. The molecule has 0 saturated heterocycles. The van der Waals surface area contributed by atoms with Gasteiger partial charge in [-0.2, -0.15) is 0 Å². The van der Waals surface area contributed by atoms with E-state index in [0.717, 1.165) is 17.7 Å². The highest BCUT2D eigenvalue weighted by Gasteiger charge is 2.31. The summed E-state index contributed by atoms with van der Waals surface area (Å²) in [5.74, 6) is -0.0350. The molecule has 0 aliphatic carbocycles. The third-order valence-corrected chi connectivity index (χ3v) is 5.04. The molecule has 2 aromatic rings. The van der Waals surface area contributed by atoms with E-state index in [2.05, 4.69) is 4.99 Å². The maximum Gasteiger partial charge on any atom is 0.265 e.